The standard InChI is InChI=1S/C24H28N4O4/c1-16-13-28(17(2)15-29)24(31)21-11-20(6-5-19-7-9-25-10-8-19)12-26-23(21)32-22(16)14-27(4)18(3)30/h7-12,16-17,22,29H,13-15H2,1-4H3/t16-,17+,22+/m0/s1. The molecule has 1 aliphatic heterocycles. The summed E-state index contributed by atoms with van der Waals surface area (Å²) in [6.07, 6.45) is 4.52. The van der Waals surface area contributed by atoms with Crippen molar-refractivity contribution in [1.29, 1.82) is 0 Å². The highest BCUT2D eigenvalue weighted by atomic mass is 16.5. The van der Waals surface area contributed by atoms with Gasteiger partial charge in [-0.25, -0.2) is 4.98 Å². The normalized spacial score (nSPS) is 18.9. The Bertz CT molecular complexity index is 1030. The Kier molecular flexibility index (Phi) is 7.44. The minimum Gasteiger partial charge on any atom is -0.472 e. The number of hydrogen-bond donors (Lipinski definition) is 1. The van der Waals surface area contributed by atoms with Crippen LogP contribution in [-0.2, 0) is 4.79 Å². The van der Waals surface area contributed by atoms with E-state index in [1.54, 1.807) is 60.6 Å². The second-order valence-corrected chi connectivity index (χ2v) is 8.08. The molecule has 8 heteroatoms. The summed E-state index contributed by atoms with van der Waals surface area (Å²) in [6, 6.07) is 4.88. The molecule has 1 N–H and O–H groups in total. The van der Waals surface area contributed by atoms with E-state index in [1.165, 1.54) is 6.92 Å². The molecular weight excluding hydrogens is 408 g/mol. The molecule has 0 saturated heterocycles. The van der Waals surface area contributed by atoms with Crippen LogP contribution in [0.15, 0.2) is 36.8 Å². The van der Waals surface area contributed by atoms with Crippen molar-refractivity contribution in [3.63, 3.8) is 0 Å². The van der Waals surface area contributed by atoms with Crippen molar-refractivity contribution >= 4 is 11.8 Å². The predicted molar refractivity (Wildman–Crippen MR) is 119 cm³/mol. The van der Waals surface area contributed by atoms with Gasteiger partial charge in [-0.15, -0.1) is 0 Å². The summed E-state index contributed by atoms with van der Waals surface area (Å²) >= 11 is 0. The minimum absolute atomic E-state index is 0.0746. The zero-order chi connectivity index (χ0) is 23.3. The Hall–Kier alpha value is -3.44. The number of likely N-dealkylation sites (N-methyl/N-ethyl adjacent to an activating group) is 1. The number of aliphatic hydroxyl groups excluding tert-OH is 1. The van der Waals surface area contributed by atoms with Crippen LogP contribution in [0.5, 0.6) is 5.88 Å². The fourth-order valence-electron chi connectivity index (χ4n) is 3.37. The first-order valence-corrected chi connectivity index (χ1v) is 10.5. The smallest absolute Gasteiger partial charge is 0.259 e. The van der Waals surface area contributed by atoms with E-state index in [9.17, 15) is 14.7 Å². The molecule has 0 aromatic carbocycles. The van der Waals surface area contributed by atoms with Gasteiger partial charge in [0.15, 0.2) is 0 Å². The third-order valence-electron chi connectivity index (χ3n) is 5.54. The second-order valence-electron chi connectivity index (χ2n) is 8.08. The molecule has 2 aromatic rings. The number of rotatable bonds is 4. The largest absolute Gasteiger partial charge is 0.472 e. The van der Waals surface area contributed by atoms with Gasteiger partial charge in [0.1, 0.15) is 11.7 Å². The lowest BCUT2D eigenvalue weighted by Crippen LogP contribution is -2.50. The molecule has 32 heavy (non-hydrogen) atoms. The van der Waals surface area contributed by atoms with Crippen LogP contribution >= 0.6 is 0 Å². The lowest BCUT2D eigenvalue weighted by Gasteiger charge is -2.37. The molecule has 3 rings (SSSR count). The highest BCUT2D eigenvalue weighted by Crippen LogP contribution is 2.27. The lowest BCUT2D eigenvalue weighted by atomic mass is 10.00. The number of pyridine rings is 2. The van der Waals surface area contributed by atoms with Crippen molar-refractivity contribution in [1.82, 2.24) is 19.8 Å². The number of ether oxygens (including phenoxy) is 1. The van der Waals surface area contributed by atoms with Crippen LogP contribution in [0.3, 0.4) is 0 Å². The Morgan fingerprint density at radius 3 is 2.69 bits per heavy atom. The van der Waals surface area contributed by atoms with Crippen molar-refractivity contribution in [2.45, 2.75) is 32.9 Å². The van der Waals surface area contributed by atoms with Crippen molar-refractivity contribution in [3.05, 3.63) is 53.5 Å². The molecule has 3 atom stereocenters. The molecule has 0 bridgehead atoms. The van der Waals surface area contributed by atoms with E-state index in [4.69, 9.17) is 4.74 Å². The number of amides is 2. The number of fused-ring (bicyclic) bond motifs is 1. The molecular formula is C24H28N4O4. The summed E-state index contributed by atoms with van der Waals surface area (Å²) < 4.78 is 6.15. The van der Waals surface area contributed by atoms with Gasteiger partial charge in [-0.3, -0.25) is 14.6 Å². The quantitative estimate of drug-likeness (QED) is 0.731. The summed E-state index contributed by atoms with van der Waals surface area (Å²) in [7, 11) is 1.71. The average molecular weight is 437 g/mol. The van der Waals surface area contributed by atoms with Crippen molar-refractivity contribution in [2.75, 3.05) is 26.7 Å². The molecule has 0 radical (unpaired) electrons. The Morgan fingerprint density at radius 1 is 1.34 bits per heavy atom. The van der Waals surface area contributed by atoms with Crippen LogP contribution in [-0.4, -0.2) is 75.6 Å². The maximum absolute atomic E-state index is 13.4. The van der Waals surface area contributed by atoms with Crippen LogP contribution in [0, 0.1) is 17.8 Å². The Labute approximate surface area is 188 Å². The highest BCUT2D eigenvalue weighted by molar-refractivity contribution is 5.97. The van der Waals surface area contributed by atoms with E-state index in [1.807, 2.05) is 6.92 Å². The summed E-state index contributed by atoms with van der Waals surface area (Å²) in [6.45, 7) is 5.82. The van der Waals surface area contributed by atoms with Crippen molar-refractivity contribution in [3.8, 4) is 17.7 Å². The third-order valence-corrected chi connectivity index (χ3v) is 5.54. The summed E-state index contributed by atoms with van der Waals surface area (Å²) in [5, 5.41) is 9.73. The van der Waals surface area contributed by atoms with Gasteiger partial charge in [0, 0.05) is 56.2 Å². The first-order valence-electron chi connectivity index (χ1n) is 10.5. The molecule has 0 spiro atoms. The molecule has 168 valence electrons. The summed E-state index contributed by atoms with van der Waals surface area (Å²) in [4.78, 5) is 36.7. The maximum atomic E-state index is 13.4. The van der Waals surface area contributed by atoms with E-state index in [2.05, 4.69) is 21.8 Å². The monoisotopic (exact) mass is 436 g/mol. The molecule has 0 fully saturated rings. The second kappa shape index (κ2) is 10.2. The number of hydrogen-bond acceptors (Lipinski definition) is 6. The van der Waals surface area contributed by atoms with E-state index >= 15 is 0 Å². The third kappa shape index (κ3) is 5.42. The molecule has 8 nitrogen and oxygen atoms in total. The van der Waals surface area contributed by atoms with Crippen LogP contribution in [0.2, 0.25) is 0 Å². The van der Waals surface area contributed by atoms with Crippen molar-refractivity contribution < 1.29 is 19.4 Å². The molecule has 3 heterocycles. The molecule has 1 aliphatic rings. The van der Waals surface area contributed by atoms with Gasteiger partial charge < -0.3 is 19.6 Å². The number of aliphatic hydroxyl groups is 1. The zero-order valence-electron chi connectivity index (χ0n) is 18.8. The highest BCUT2D eigenvalue weighted by Gasteiger charge is 2.34. The molecule has 2 amide bonds. The predicted octanol–water partition coefficient (Wildman–Crippen LogP) is 1.57. The topological polar surface area (TPSA) is 95.9 Å². The van der Waals surface area contributed by atoms with Gasteiger partial charge in [-0.1, -0.05) is 18.8 Å². The number of nitrogens with zero attached hydrogens (tertiary/aromatic N) is 4. The van der Waals surface area contributed by atoms with Gasteiger partial charge in [-0.2, -0.15) is 0 Å². The molecule has 2 aromatic heterocycles. The average Bonchev–Trinajstić information content (AvgIpc) is 2.80. The Morgan fingerprint density at radius 2 is 2.03 bits per heavy atom. The van der Waals surface area contributed by atoms with E-state index in [0.29, 0.717) is 18.7 Å². The van der Waals surface area contributed by atoms with Gasteiger partial charge in [0.05, 0.1) is 19.2 Å². The zero-order valence-corrected chi connectivity index (χ0v) is 18.8. The molecule has 0 unspecified atom stereocenters. The first-order chi connectivity index (χ1) is 15.3. The number of aromatic nitrogens is 2. The van der Waals surface area contributed by atoms with Crippen LogP contribution in [0.1, 0.15) is 42.3 Å². The molecule has 0 saturated carbocycles. The van der Waals surface area contributed by atoms with E-state index < -0.39 is 0 Å². The maximum Gasteiger partial charge on any atom is 0.259 e. The van der Waals surface area contributed by atoms with Gasteiger partial charge in [0.25, 0.3) is 5.91 Å². The summed E-state index contributed by atoms with van der Waals surface area (Å²) in [5.41, 5.74) is 1.65. The first kappa shape index (κ1) is 23.2. The van der Waals surface area contributed by atoms with Gasteiger partial charge in [-0.05, 0) is 25.1 Å². The van der Waals surface area contributed by atoms with Gasteiger partial charge >= 0.3 is 0 Å². The Balaban J connectivity index is 2.00. The minimum atomic E-state index is -0.381. The van der Waals surface area contributed by atoms with Crippen LogP contribution in [0.4, 0.5) is 0 Å². The SMILES string of the molecule is CC(=O)N(C)C[C@H]1Oc2ncc(C#Cc3ccncc3)cc2C(=O)N([C@H](C)CO)C[C@@H]1C. The fourth-order valence-corrected chi connectivity index (χ4v) is 3.37. The van der Waals surface area contributed by atoms with Crippen LogP contribution < -0.4 is 4.74 Å². The molecule has 0 aliphatic carbocycles. The number of carbonyl (C=O) groups excluding carboxylic acids is 2. The lowest BCUT2D eigenvalue weighted by molar-refractivity contribution is -0.129. The van der Waals surface area contributed by atoms with E-state index in [-0.39, 0.29) is 47.9 Å². The summed E-state index contributed by atoms with van der Waals surface area (Å²) in [5.74, 6) is 5.82. The van der Waals surface area contributed by atoms with Gasteiger partial charge in [0.2, 0.25) is 11.8 Å². The number of carbonyl (C=O) groups is 2. The van der Waals surface area contributed by atoms with Crippen molar-refractivity contribution in [2.24, 2.45) is 5.92 Å². The van der Waals surface area contributed by atoms with E-state index in [0.717, 1.165) is 5.56 Å². The van der Waals surface area contributed by atoms with Crippen LogP contribution in [0.25, 0.3) is 0 Å². The fraction of sp³-hybridized carbons (Fsp3) is 0.417.